The molecule has 1 rings (SSSR count). The molecule has 0 aromatic heterocycles. The van der Waals surface area contributed by atoms with Gasteiger partial charge in [-0.05, 0) is 25.8 Å². The Bertz CT molecular complexity index is 293. The number of carbonyl (C=O) groups is 1. The summed E-state index contributed by atoms with van der Waals surface area (Å²) in [6.07, 6.45) is 0.635. The lowest BCUT2D eigenvalue weighted by atomic mass is 10.0. The minimum Gasteiger partial charge on any atom is -0.400 e. The fraction of sp³-hybridized carbons (Fsp3) is 0.417. The average Bonchev–Trinajstić information content (AvgIpc) is 2.24. The number of hydrogen-bond acceptors (Lipinski definition) is 3. The van der Waals surface area contributed by atoms with Crippen molar-refractivity contribution in [1.29, 1.82) is 0 Å². The number of benzene rings is 1. The number of carbonyl (C=O) groups excluding carboxylic acids is 1. The molecule has 84 valence electrons. The number of Topliss-reactive ketones (excluding diaryl/α,β-unsaturated/α-hetero) is 1. The van der Waals surface area contributed by atoms with E-state index in [1.807, 2.05) is 31.2 Å². The van der Waals surface area contributed by atoms with E-state index >= 15 is 0 Å². The molecule has 0 heterocycles. The maximum absolute atomic E-state index is 10.9. The number of aliphatic hydroxyl groups excluding tert-OH is 1. The van der Waals surface area contributed by atoms with Crippen LogP contribution in [0.2, 0.25) is 0 Å². The van der Waals surface area contributed by atoms with Crippen LogP contribution < -0.4 is 5.73 Å². The highest BCUT2D eigenvalue weighted by Gasteiger charge is 2.07. The van der Waals surface area contributed by atoms with Crippen molar-refractivity contribution in [2.75, 3.05) is 7.11 Å². The van der Waals surface area contributed by atoms with Crippen molar-refractivity contribution in [1.82, 2.24) is 0 Å². The molecule has 0 spiro atoms. The maximum Gasteiger partial charge on any atom is 0.146 e. The fourth-order valence-corrected chi connectivity index (χ4v) is 1.12. The summed E-state index contributed by atoms with van der Waals surface area (Å²) >= 11 is 0. The molecule has 1 aromatic rings. The van der Waals surface area contributed by atoms with Crippen LogP contribution in [-0.2, 0) is 11.2 Å². The first-order chi connectivity index (χ1) is 7.09. The first-order valence-corrected chi connectivity index (χ1v) is 4.86. The molecule has 0 aliphatic carbocycles. The van der Waals surface area contributed by atoms with Crippen molar-refractivity contribution in [3.05, 3.63) is 35.4 Å². The lowest BCUT2D eigenvalue weighted by molar-refractivity contribution is -0.118. The molecular weight excluding hydrogens is 190 g/mol. The van der Waals surface area contributed by atoms with Gasteiger partial charge in [0.2, 0.25) is 0 Å². The molecule has 0 amide bonds. The number of rotatable bonds is 3. The second-order valence-corrected chi connectivity index (χ2v) is 3.41. The molecule has 3 heteroatoms. The summed E-state index contributed by atoms with van der Waals surface area (Å²) in [7, 11) is 1.00. The van der Waals surface area contributed by atoms with Crippen LogP contribution >= 0.6 is 0 Å². The molecule has 3 nitrogen and oxygen atoms in total. The van der Waals surface area contributed by atoms with E-state index in [9.17, 15) is 4.79 Å². The Labute approximate surface area is 90.9 Å². The largest absolute Gasteiger partial charge is 0.400 e. The van der Waals surface area contributed by atoms with E-state index in [2.05, 4.69) is 0 Å². The maximum atomic E-state index is 10.9. The fourth-order valence-electron chi connectivity index (χ4n) is 1.12. The van der Waals surface area contributed by atoms with Crippen molar-refractivity contribution >= 4 is 5.78 Å². The standard InChI is InChI=1S/C11H15NO.CH4O/c1-8-3-5-10(6-4-8)7-11(12)9(2)13;1-2/h3-6,11H,7,12H2,1-2H3;2H,1H3/t11-;/m0./s1. The Hall–Kier alpha value is -1.19. The van der Waals surface area contributed by atoms with Gasteiger partial charge in [-0.1, -0.05) is 29.8 Å². The molecule has 0 aliphatic rings. The molecule has 0 saturated heterocycles. The van der Waals surface area contributed by atoms with E-state index in [4.69, 9.17) is 10.8 Å². The first-order valence-electron chi connectivity index (χ1n) is 4.86. The zero-order valence-electron chi connectivity index (χ0n) is 9.53. The Balaban J connectivity index is 0.000000921. The highest BCUT2D eigenvalue weighted by Crippen LogP contribution is 2.05. The van der Waals surface area contributed by atoms with Crippen LogP contribution in [0.4, 0.5) is 0 Å². The summed E-state index contributed by atoms with van der Waals surface area (Å²) < 4.78 is 0. The Kier molecular flexibility index (Phi) is 6.58. The van der Waals surface area contributed by atoms with E-state index < -0.39 is 0 Å². The minimum atomic E-state index is -0.359. The van der Waals surface area contributed by atoms with Gasteiger partial charge in [0, 0.05) is 7.11 Å². The molecule has 15 heavy (non-hydrogen) atoms. The molecule has 1 atom stereocenters. The average molecular weight is 209 g/mol. The quantitative estimate of drug-likeness (QED) is 0.782. The molecule has 0 bridgehead atoms. The zero-order chi connectivity index (χ0) is 11.8. The van der Waals surface area contributed by atoms with E-state index in [0.29, 0.717) is 6.42 Å². The molecule has 3 N–H and O–H groups in total. The Morgan fingerprint density at radius 1 is 1.33 bits per heavy atom. The second kappa shape index (κ2) is 7.15. The summed E-state index contributed by atoms with van der Waals surface area (Å²) in [5.74, 6) is 0.0422. The molecular formula is C12H19NO2. The van der Waals surface area contributed by atoms with Gasteiger partial charge in [-0.15, -0.1) is 0 Å². The summed E-state index contributed by atoms with van der Waals surface area (Å²) in [5.41, 5.74) is 7.98. The van der Waals surface area contributed by atoms with Crippen LogP contribution in [0.15, 0.2) is 24.3 Å². The number of hydrogen-bond donors (Lipinski definition) is 2. The molecule has 1 aromatic carbocycles. The topological polar surface area (TPSA) is 63.3 Å². The predicted octanol–water partition coefficient (Wildman–Crippen LogP) is 1.06. The first kappa shape index (κ1) is 13.8. The van der Waals surface area contributed by atoms with Gasteiger partial charge in [-0.25, -0.2) is 0 Å². The number of nitrogens with two attached hydrogens (primary N) is 1. The van der Waals surface area contributed by atoms with E-state index in [-0.39, 0.29) is 11.8 Å². The van der Waals surface area contributed by atoms with Crippen molar-refractivity contribution in [2.24, 2.45) is 5.73 Å². The van der Waals surface area contributed by atoms with Gasteiger partial charge in [0.1, 0.15) is 5.78 Å². The van der Waals surface area contributed by atoms with Crippen LogP contribution in [-0.4, -0.2) is 24.0 Å². The summed E-state index contributed by atoms with van der Waals surface area (Å²) in [6.45, 7) is 3.56. The zero-order valence-corrected chi connectivity index (χ0v) is 9.53. The van der Waals surface area contributed by atoms with Gasteiger partial charge in [-0.3, -0.25) is 4.79 Å². The van der Waals surface area contributed by atoms with Gasteiger partial charge >= 0.3 is 0 Å². The van der Waals surface area contributed by atoms with Crippen LogP contribution in [0.25, 0.3) is 0 Å². The summed E-state index contributed by atoms with van der Waals surface area (Å²) in [4.78, 5) is 10.9. The number of aryl methyl sites for hydroxylation is 1. The molecule has 0 aliphatic heterocycles. The smallest absolute Gasteiger partial charge is 0.146 e. The lowest BCUT2D eigenvalue weighted by Gasteiger charge is -2.07. The van der Waals surface area contributed by atoms with Crippen LogP contribution in [0.3, 0.4) is 0 Å². The SMILES string of the molecule is CC(=O)[C@@H](N)Cc1ccc(C)cc1.CO. The van der Waals surface area contributed by atoms with E-state index in [1.54, 1.807) is 0 Å². The van der Waals surface area contributed by atoms with E-state index in [1.165, 1.54) is 12.5 Å². The van der Waals surface area contributed by atoms with Gasteiger partial charge in [0.05, 0.1) is 6.04 Å². The molecule has 0 saturated carbocycles. The van der Waals surface area contributed by atoms with E-state index in [0.717, 1.165) is 12.7 Å². The van der Waals surface area contributed by atoms with Crippen LogP contribution in [0.1, 0.15) is 18.1 Å². The van der Waals surface area contributed by atoms with Gasteiger partial charge in [0.15, 0.2) is 0 Å². The van der Waals surface area contributed by atoms with Crippen LogP contribution in [0, 0.1) is 6.92 Å². The Morgan fingerprint density at radius 2 is 1.80 bits per heavy atom. The highest BCUT2D eigenvalue weighted by atomic mass is 16.2. The molecule has 0 radical (unpaired) electrons. The van der Waals surface area contributed by atoms with Crippen molar-refractivity contribution in [3.63, 3.8) is 0 Å². The van der Waals surface area contributed by atoms with Gasteiger partial charge in [0.25, 0.3) is 0 Å². The molecule has 0 fully saturated rings. The van der Waals surface area contributed by atoms with Gasteiger partial charge < -0.3 is 10.8 Å². The lowest BCUT2D eigenvalue weighted by Crippen LogP contribution is -2.30. The Morgan fingerprint density at radius 3 is 2.20 bits per heavy atom. The third-order valence-electron chi connectivity index (χ3n) is 2.10. The molecule has 0 unspecified atom stereocenters. The van der Waals surface area contributed by atoms with Crippen molar-refractivity contribution in [2.45, 2.75) is 26.3 Å². The normalized spacial score (nSPS) is 11.3. The van der Waals surface area contributed by atoms with Crippen LogP contribution in [0.5, 0.6) is 0 Å². The third kappa shape index (κ3) is 5.30. The monoisotopic (exact) mass is 209 g/mol. The second-order valence-electron chi connectivity index (χ2n) is 3.41. The van der Waals surface area contributed by atoms with Gasteiger partial charge in [-0.2, -0.15) is 0 Å². The number of ketones is 1. The van der Waals surface area contributed by atoms with Crippen molar-refractivity contribution in [3.8, 4) is 0 Å². The third-order valence-corrected chi connectivity index (χ3v) is 2.10. The predicted molar refractivity (Wildman–Crippen MR) is 61.7 cm³/mol. The summed E-state index contributed by atoms with van der Waals surface area (Å²) in [5, 5.41) is 7.00. The number of aliphatic hydroxyl groups is 1. The minimum absolute atomic E-state index is 0.0422. The van der Waals surface area contributed by atoms with Crippen molar-refractivity contribution < 1.29 is 9.90 Å². The summed E-state index contributed by atoms with van der Waals surface area (Å²) in [6, 6.07) is 7.73. The highest BCUT2D eigenvalue weighted by molar-refractivity contribution is 5.81.